The number of nitrogens with one attached hydrogen (secondary N) is 1. The average molecular weight is 151 g/mol. The maximum atomic E-state index is 10.8. The number of hydrogen-bond donors (Lipinski definition) is 1. The lowest BCUT2D eigenvalue weighted by molar-refractivity contribution is -0.115. The minimum Gasteiger partial charge on any atom is -0.346 e. The van der Waals surface area contributed by atoms with Crippen molar-refractivity contribution in [1.82, 2.24) is 5.32 Å². The number of rotatable bonds is 1. The zero-order valence-electron chi connectivity index (χ0n) is 6.81. The van der Waals surface area contributed by atoms with E-state index >= 15 is 0 Å². The van der Waals surface area contributed by atoms with Crippen LogP contribution in [0.1, 0.15) is 26.2 Å². The second kappa shape index (κ2) is 4.02. The molecule has 0 aliphatic heterocycles. The molecule has 2 heteroatoms. The van der Waals surface area contributed by atoms with Crippen molar-refractivity contribution < 1.29 is 4.79 Å². The first-order chi connectivity index (χ1) is 5.33. The maximum Gasteiger partial charge on any atom is 0.295 e. The molecule has 0 aromatic carbocycles. The molecule has 0 aromatic rings. The summed E-state index contributed by atoms with van der Waals surface area (Å²) >= 11 is 0. The van der Waals surface area contributed by atoms with E-state index in [1.807, 2.05) is 6.92 Å². The number of amides is 1. The quantitative estimate of drug-likeness (QED) is 0.555. The highest BCUT2D eigenvalue weighted by molar-refractivity contribution is 5.93. The van der Waals surface area contributed by atoms with E-state index in [0.29, 0.717) is 12.5 Å². The van der Waals surface area contributed by atoms with Crippen LogP contribution in [0.2, 0.25) is 0 Å². The fraction of sp³-hybridized carbons (Fsp3) is 0.667. The molecule has 0 saturated heterocycles. The summed E-state index contributed by atoms with van der Waals surface area (Å²) in [5.41, 5.74) is 0. The van der Waals surface area contributed by atoms with Gasteiger partial charge in [-0.15, -0.1) is 0 Å². The lowest BCUT2D eigenvalue weighted by Crippen LogP contribution is -2.21. The molecule has 0 spiro atoms. The SMILES string of the molecule is CCNC(=O)C#CC1CCC1. The number of carbonyl (C=O) groups is 1. The Labute approximate surface area is 67.4 Å². The fourth-order valence-corrected chi connectivity index (χ4v) is 0.925. The van der Waals surface area contributed by atoms with Crippen molar-refractivity contribution in [1.29, 1.82) is 0 Å². The summed E-state index contributed by atoms with van der Waals surface area (Å²) in [4.78, 5) is 10.8. The van der Waals surface area contributed by atoms with Gasteiger partial charge in [0.25, 0.3) is 5.91 Å². The van der Waals surface area contributed by atoms with E-state index in [4.69, 9.17) is 0 Å². The molecule has 60 valence electrons. The highest BCUT2D eigenvalue weighted by Crippen LogP contribution is 2.24. The van der Waals surface area contributed by atoms with Gasteiger partial charge in [0.2, 0.25) is 0 Å². The molecule has 2 nitrogen and oxygen atoms in total. The summed E-state index contributed by atoms with van der Waals surface area (Å²) < 4.78 is 0. The Hall–Kier alpha value is -0.970. The van der Waals surface area contributed by atoms with Crippen LogP contribution < -0.4 is 5.32 Å². The maximum absolute atomic E-state index is 10.8. The van der Waals surface area contributed by atoms with Gasteiger partial charge in [0.05, 0.1) is 0 Å². The van der Waals surface area contributed by atoms with Crippen LogP contribution in [0.25, 0.3) is 0 Å². The molecule has 0 heterocycles. The molecule has 1 amide bonds. The van der Waals surface area contributed by atoms with Gasteiger partial charge >= 0.3 is 0 Å². The van der Waals surface area contributed by atoms with Gasteiger partial charge in [0.15, 0.2) is 0 Å². The van der Waals surface area contributed by atoms with Crippen LogP contribution in [0.3, 0.4) is 0 Å². The van der Waals surface area contributed by atoms with Crippen LogP contribution in [0.4, 0.5) is 0 Å². The number of carbonyl (C=O) groups excluding carboxylic acids is 1. The predicted molar refractivity (Wildman–Crippen MR) is 43.8 cm³/mol. The summed E-state index contributed by atoms with van der Waals surface area (Å²) in [6, 6.07) is 0. The Morgan fingerprint density at radius 2 is 2.36 bits per heavy atom. The summed E-state index contributed by atoms with van der Waals surface area (Å²) in [5, 5.41) is 2.64. The topological polar surface area (TPSA) is 29.1 Å². The molecule has 0 aromatic heterocycles. The molecule has 1 N–H and O–H groups in total. The van der Waals surface area contributed by atoms with Gasteiger partial charge in [0, 0.05) is 12.5 Å². The van der Waals surface area contributed by atoms with Gasteiger partial charge in [-0.25, -0.2) is 0 Å². The van der Waals surface area contributed by atoms with E-state index in [2.05, 4.69) is 17.2 Å². The molecule has 1 fully saturated rings. The molecule has 1 aliphatic carbocycles. The summed E-state index contributed by atoms with van der Waals surface area (Å²) in [5.74, 6) is 5.89. The Morgan fingerprint density at radius 3 is 2.82 bits per heavy atom. The first-order valence-electron chi connectivity index (χ1n) is 4.12. The normalized spacial score (nSPS) is 16.1. The van der Waals surface area contributed by atoms with Crippen molar-refractivity contribution in [3.63, 3.8) is 0 Å². The fourth-order valence-electron chi connectivity index (χ4n) is 0.925. The van der Waals surface area contributed by atoms with Gasteiger partial charge in [-0.05, 0) is 25.7 Å². The second-order valence-corrected chi connectivity index (χ2v) is 2.76. The summed E-state index contributed by atoms with van der Waals surface area (Å²) in [6.45, 7) is 2.56. The molecule has 0 atom stereocenters. The third-order valence-electron chi connectivity index (χ3n) is 1.83. The molecule has 0 unspecified atom stereocenters. The largest absolute Gasteiger partial charge is 0.346 e. The van der Waals surface area contributed by atoms with Crippen LogP contribution in [-0.4, -0.2) is 12.5 Å². The molecule has 0 bridgehead atoms. The minimum atomic E-state index is -0.139. The number of hydrogen-bond acceptors (Lipinski definition) is 1. The van der Waals surface area contributed by atoms with Crippen molar-refractivity contribution in [2.75, 3.05) is 6.54 Å². The molecule has 1 saturated carbocycles. The first kappa shape index (κ1) is 8.13. The van der Waals surface area contributed by atoms with Crippen molar-refractivity contribution >= 4 is 5.91 Å². The van der Waals surface area contributed by atoms with E-state index in [-0.39, 0.29) is 5.91 Å². The highest BCUT2D eigenvalue weighted by Gasteiger charge is 2.13. The molecule has 0 radical (unpaired) electrons. The van der Waals surface area contributed by atoms with Crippen LogP contribution in [-0.2, 0) is 4.79 Å². The van der Waals surface area contributed by atoms with E-state index in [9.17, 15) is 4.79 Å². The van der Waals surface area contributed by atoms with Crippen molar-refractivity contribution in [2.45, 2.75) is 26.2 Å². The monoisotopic (exact) mass is 151 g/mol. The Kier molecular flexibility index (Phi) is 2.97. The van der Waals surface area contributed by atoms with Crippen LogP contribution >= 0.6 is 0 Å². The van der Waals surface area contributed by atoms with Crippen LogP contribution in [0.5, 0.6) is 0 Å². The Balaban J connectivity index is 2.24. The zero-order valence-corrected chi connectivity index (χ0v) is 6.81. The Bertz CT molecular complexity index is 195. The smallest absolute Gasteiger partial charge is 0.295 e. The molecular weight excluding hydrogens is 138 g/mol. The zero-order chi connectivity index (χ0) is 8.10. The highest BCUT2D eigenvalue weighted by atomic mass is 16.1. The van der Waals surface area contributed by atoms with Crippen molar-refractivity contribution in [3.8, 4) is 11.8 Å². The summed E-state index contributed by atoms with van der Waals surface area (Å²) in [7, 11) is 0. The average Bonchev–Trinajstić information content (AvgIpc) is 1.85. The van der Waals surface area contributed by atoms with Gasteiger partial charge in [-0.1, -0.05) is 12.3 Å². The molecular formula is C9H13NO. The lowest BCUT2D eigenvalue weighted by Gasteiger charge is -2.18. The third kappa shape index (κ3) is 2.63. The minimum absolute atomic E-state index is 0.139. The van der Waals surface area contributed by atoms with Gasteiger partial charge in [-0.2, -0.15) is 0 Å². The second-order valence-electron chi connectivity index (χ2n) is 2.76. The van der Waals surface area contributed by atoms with Crippen LogP contribution in [0.15, 0.2) is 0 Å². The molecule has 1 aliphatic rings. The van der Waals surface area contributed by atoms with E-state index in [1.54, 1.807) is 0 Å². The Morgan fingerprint density at radius 1 is 1.64 bits per heavy atom. The van der Waals surface area contributed by atoms with Crippen LogP contribution in [0, 0.1) is 17.8 Å². The van der Waals surface area contributed by atoms with E-state index in [1.165, 1.54) is 19.3 Å². The molecule has 11 heavy (non-hydrogen) atoms. The van der Waals surface area contributed by atoms with Gasteiger partial charge < -0.3 is 5.32 Å². The van der Waals surface area contributed by atoms with Gasteiger partial charge in [0.1, 0.15) is 0 Å². The first-order valence-corrected chi connectivity index (χ1v) is 4.12. The van der Waals surface area contributed by atoms with Crippen molar-refractivity contribution in [3.05, 3.63) is 0 Å². The third-order valence-corrected chi connectivity index (χ3v) is 1.83. The predicted octanol–water partition coefficient (Wildman–Crippen LogP) is 0.926. The van der Waals surface area contributed by atoms with E-state index in [0.717, 1.165) is 0 Å². The standard InChI is InChI=1S/C9H13NO/c1-2-10-9(11)7-6-8-4-3-5-8/h8H,2-5H2,1H3,(H,10,11). The van der Waals surface area contributed by atoms with E-state index < -0.39 is 0 Å². The van der Waals surface area contributed by atoms with Crippen molar-refractivity contribution in [2.24, 2.45) is 5.92 Å². The van der Waals surface area contributed by atoms with Gasteiger partial charge in [-0.3, -0.25) is 4.79 Å². The summed E-state index contributed by atoms with van der Waals surface area (Å²) in [6.07, 6.45) is 3.62. The molecule has 1 rings (SSSR count). The lowest BCUT2D eigenvalue weighted by atomic mass is 9.86.